The van der Waals surface area contributed by atoms with Gasteiger partial charge in [-0.1, -0.05) is 0 Å². The molecule has 0 fully saturated rings. The molecule has 5 heteroatoms. The summed E-state index contributed by atoms with van der Waals surface area (Å²) in [5.74, 6) is 0. The molecule has 14 heavy (non-hydrogen) atoms. The number of nitrogens with zero attached hydrogens (tertiary/aromatic N) is 1. The van der Waals surface area contributed by atoms with Gasteiger partial charge in [0.2, 0.25) is 0 Å². The van der Waals surface area contributed by atoms with E-state index in [9.17, 15) is 0 Å². The van der Waals surface area contributed by atoms with Crippen molar-refractivity contribution >= 4 is 73.5 Å². The first-order valence-electron chi connectivity index (χ1n) is 4.02. The molecule has 0 bridgehead atoms. The molecule has 0 heterocycles. The van der Waals surface area contributed by atoms with Gasteiger partial charge in [-0.05, 0) is 79.9 Å². The van der Waals surface area contributed by atoms with E-state index in [0.29, 0.717) is 6.54 Å². The lowest BCUT2D eigenvalue weighted by atomic mass is 10.3. The highest BCUT2D eigenvalue weighted by Crippen LogP contribution is 2.29. The molecule has 0 saturated heterocycles. The highest BCUT2D eigenvalue weighted by molar-refractivity contribution is 14.1. The topological polar surface area (TPSA) is 23.5 Å². The normalized spacial score (nSPS) is 10.4. The quantitative estimate of drug-likeness (QED) is 0.610. The van der Waals surface area contributed by atoms with Crippen LogP contribution in [0.1, 0.15) is 0 Å². The van der Waals surface area contributed by atoms with Crippen LogP contribution in [0.4, 0.5) is 5.69 Å². The lowest BCUT2D eigenvalue weighted by molar-refractivity contribution is 0.304. The van der Waals surface area contributed by atoms with Gasteiger partial charge in [0.25, 0.3) is 0 Å². The highest BCUT2D eigenvalue weighted by atomic mass is 127. The summed E-state index contributed by atoms with van der Waals surface area (Å²) in [6.45, 7) is 0.862. The van der Waals surface area contributed by atoms with E-state index in [1.807, 2.05) is 7.05 Å². The second-order valence-corrected chi connectivity index (χ2v) is 6.43. The molecule has 0 radical (unpaired) electrons. The molecule has 0 aromatic heterocycles. The minimum Gasteiger partial charge on any atom is -0.395 e. The van der Waals surface area contributed by atoms with Gasteiger partial charge in [0.15, 0.2) is 0 Å². The third kappa shape index (κ3) is 3.34. The van der Waals surface area contributed by atoms with Gasteiger partial charge in [-0.25, -0.2) is 0 Å². The van der Waals surface area contributed by atoms with Crippen LogP contribution < -0.4 is 4.90 Å². The Morgan fingerprint density at radius 3 is 2.14 bits per heavy atom. The molecule has 0 amide bonds. The average molecular weight is 529 g/mol. The Morgan fingerprint density at radius 1 is 1.21 bits per heavy atom. The number of aliphatic hydroxyl groups excluding tert-OH is 1. The van der Waals surface area contributed by atoms with Crippen LogP contribution in [0, 0.1) is 10.7 Å². The second-order valence-electron chi connectivity index (χ2n) is 2.86. The van der Waals surface area contributed by atoms with Crippen LogP contribution in [0.15, 0.2) is 12.1 Å². The molecule has 1 aromatic rings. The number of hydrogen-bond acceptors (Lipinski definition) is 2. The number of halogens is 3. The molecule has 78 valence electrons. The molecule has 2 nitrogen and oxygen atoms in total. The van der Waals surface area contributed by atoms with Crippen molar-refractivity contribution in [1.29, 1.82) is 0 Å². The van der Waals surface area contributed by atoms with Crippen molar-refractivity contribution in [3.63, 3.8) is 0 Å². The maximum absolute atomic E-state index is 8.89. The van der Waals surface area contributed by atoms with Crippen molar-refractivity contribution in [2.75, 3.05) is 25.1 Å². The van der Waals surface area contributed by atoms with Crippen LogP contribution in [0.3, 0.4) is 0 Å². The summed E-state index contributed by atoms with van der Waals surface area (Å²) >= 11 is 6.98. The maximum Gasteiger partial charge on any atom is 0.0636 e. The van der Waals surface area contributed by atoms with Crippen molar-refractivity contribution in [2.24, 2.45) is 0 Å². The van der Waals surface area contributed by atoms with Crippen LogP contribution in [0.2, 0.25) is 0 Å². The van der Waals surface area contributed by atoms with Gasteiger partial charge in [0.1, 0.15) is 0 Å². The molecule has 1 aromatic carbocycles. The summed E-state index contributed by atoms with van der Waals surface area (Å²) in [5.41, 5.74) is 1.21. The Bertz CT molecular complexity index is 307. The Labute approximate surface area is 125 Å². The van der Waals surface area contributed by atoms with Crippen molar-refractivity contribution in [1.82, 2.24) is 0 Å². The lowest BCUT2D eigenvalue weighted by Crippen LogP contribution is -2.23. The van der Waals surface area contributed by atoms with Crippen LogP contribution in [-0.2, 0) is 0 Å². The largest absolute Gasteiger partial charge is 0.395 e. The summed E-state index contributed by atoms with van der Waals surface area (Å²) in [6, 6.07) is 4.29. The van der Waals surface area contributed by atoms with Crippen molar-refractivity contribution < 1.29 is 5.11 Å². The van der Waals surface area contributed by atoms with Gasteiger partial charge in [-0.15, -0.1) is 0 Å². The van der Waals surface area contributed by atoms with E-state index in [1.54, 1.807) is 0 Å². The predicted octanol–water partition coefficient (Wildman–Crippen LogP) is 2.93. The number of anilines is 1. The Hall–Kier alpha value is 1.17. The smallest absolute Gasteiger partial charge is 0.0636 e. The summed E-state index contributed by atoms with van der Waals surface area (Å²) in [5, 5.41) is 8.89. The fourth-order valence-corrected chi connectivity index (χ4v) is 5.57. The van der Waals surface area contributed by atoms with E-state index in [1.165, 1.54) is 16.4 Å². The van der Waals surface area contributed by atoms with Crippen LogP contribution in [0.5, 0.6) is 0 Å². The lowest BCUT2D eigenvalue weighted by Gasteiger charge is -2.21. The summed E-state index contributed by atoms with van der Waals surface area (Å²) < 4.78 is 3.71. The first-order chi connectivity index (χ1) is 6.56. The van der Waals surface area contributed by atoms with Gasteiger partial charge >= 0.3 is 0 Å². The number of benzene rings is 1. The van der Waals surface area contributed by atoms with E-state index in [0.717, 1.165) is 0 Å². The standard InChI is InChI=1S/C9H10I3NO/c1-13(2-3-14)9-7(11)4-6(10)5-8(9)12/h4-5,14H,2-3H2,1H3. The maximum atomic E-state index is 8.89. The summed E-state index contributed by atoms with van der Waals surface area (Å²) in [7, 11) is 2.00. The molecule has 0 saturated carbocycles. The van der Waals surface area contributed by atoms with Crippen molar-refractivity contribution in [3.05, 3.63) is 22.8 Å². The summed E-state index contributed by atoms with van der Waals surface area (Å²) in [4.78, 5) is 2.08. The fraction of sp³-hybridized carbons (Fsp3) is 0.333. The Balaban J connectivity index is 3.07. The van der Waals surface area contributed by atoms with Gasteiger partial charge in [0.05, 0.1) is 12.3 Å². The molecule has 1 rings (SSSR count). The molecular formula is C9H10I3NO. The van der Waals surface area contributed by atoms with Gasteiger partial charge in [-0.2, -0.15) is 0 Å². The van der Waals surface area contributed by atoms with Crippen molar-refractivity contribution in [2.45, 2.75) is 0 Å². The SMILES string of the molecule is CN(CCO)c1c(I)cc(I)cc1I. The minimum atomic E-state index is 0.189. The molecule has 0 atom stereocenters. The molecule has 0 aliphatic heterocycles. The highest BCUT2D eigenvalue weighted by Gasteiger charge is 2.10. The molecule has 0 spiro atoms. The first-order valence-corrected chi connectivity index (χ1v) is 7.26. The third-order valence-corrected chi connectivity index (χ3v) is 4.07. The molecule has 0 aliphatic carbocycles. The van der Waals surface area contributed by atoms with E-state index >= 15 is 0 Å². The zero-order chi connectivity index (χ0) is 10.7. The predicted molar refractivity (Wildman–Crippen MR) is 84.9 cm³/mol. The zero-order valence-electron chi connectivity index (χ0n) is 7.60. The zero-order valence-corrected chi connectivity index (χ0v) is 14.1. The fourth-order valence-electron chi connectivity index (χ4n) is 1.16. The monoisotopic (exact) mass is 529 g/mol. The summed E-state index contributed by atoms with van der Waals surface area (Å²) in [6.07, 6.45) is 0. The average Bonchev–Trinajstić information content (AvgIpc) is 2.01. The minimum absolute atomic E-state index is 0.189. The first kappa shape index (κ1) is 13.2. The van der Waals surface area contributed by atoms with E-state index in [4.69, 9.17) is 5.11 Å². The van der Waals surface area contributed by atoms with Crippen LogP contribution in [0.25, 0.3) is 0 Å². The molecule has 0 aliphatic rings. The Morgan fingerprint density at radius 2 is 1.71 bits per heavy atom. The van der Waals surface area contributed by atoms with E-state index < -0.39 is 0 Å². The van der Waals surface area contributed by atoms with Crippen LogP contribution in [-0.4, -0.2) is 25.3 Å². The molecular weight excluding hydrogens is 519 g/mol. The van der Waals surface area contributed by atoms with Crippen LogP contribution >= 0.6 is 67.8 Å². The van der Waals surface area contributed by atoms with E-state index in [2.05, 4.69) is 84.8 Å². The Kier molecular flexibility index (Phi) is 5.71. The van der Waals surface area contributed by atoms with Gasteiger partial charge in [-0.3, -0.25) is 0 Å². The molecule has 1 N–H and O–H groups in total. The van der Waals surface area contributed by atoms with Gasteiger partial charge < -0.3 is 10.0 Å². The number of hydrogen-bond donors (Lipinski definition) is 1. The second kappa shape index (κ2) is 6.04. The number of rotatable bonds is 3. The van der Waals surface area contributed by atoms with E-state index in [-0.39, 0.29) is 6.61 Å². The third-order valence-electron chi connectivity index (χ3n) is 1.80. The number of aliphatic hydroxyl groups is 1. The number of likely N-dealkylation sites (N-methyl/N-ethyl adjacent to an activating group) is 1. The van der Waals surface area contributed by atoms with Crippen molar-refractivity contribution in [3.8, 4) is 0 Å². The molecule has 0 unspecified atom stereocenters. The van der Waals surface area contributed by atoms with Gasteiger partial charge in [0, 0.05) is 24.3 Å².